The molecule has 3 atom stereocenters. The molecule has 1 aromatic heterocycles. The van der Waals surface area contributed by atoms with Gasteiger partial charge in [-0.1, -0.05) is 6.92 Å². The summed E-state index contributed by atoms with van der Waals surface area (Å²) < 4.78 is 18.1. The van der Waals surface area contributed by atoms with Crippen LogP contribution in [0.4, 0.5) is 0 Å². The third-order valence-electron chi connectivity index (χ3n) is 3.93. The summed E-state index contributed by atoms with van der Waals surface area (Å²) in [6, 6.07) is 1.73. The molecular formula is C15H25N3O4. The molecule has 1 aliphatic rings. The van der Waals surface area contributed by atoms with Crippen molar-refractivity contribution in [2.45, 2.75) is 32.1 Å². The highest BCUT2D eigenvalue weighted by molar-refractivity contribution is 5.92. The van der Waals surface area contributed by atoms with Crippen LogP contribution in [-0.2, 0) is 20.8 Å². The lowest BCUT2D eigenvalue weighted by atomic mass is 9.96. The summed E-state index contributed by atoms with van der Waals surface area (Å²) in [6.45, 7) is 4.33. The molecule has 1 N–H and O–H groups in total. The van der Waals surface area contributed by atoms with Crippen LogP contribution in [0.5, 0.6) is 0 Å². The molecule has 1 amide bonds. The number of hydrogen-bond donors (Lipinski definition) is 1. The zero-order valence-electron chi connectivity index (χ0n) is 13.4. The van der Waals surface area contributed by atoms with E-state index in [-0.39, 0.29) is 24.0 Å². The van der Waals surface area contributed by atoms with Crippen molar-refractivity contribution in [3.63, 3.8) is 0 Å². The van der Waals surface area contributed by atoms with Gasteiger partial charge in [0.15, 0.2) is 0 Å². The van der Waals surface area contributed by atoms with Crippen LogP contribution < -0.4 is 5.32 Å². The number of aryl methyl sites for hydroxylation is 1. The first-order valence-corrected chi connectivity index (χ1v) is 7.64. The molecule has 0 unspecified atom stereocenters. The van der Waals surface area contributed by atoms with Crippen LogP contribution in [0.1, 0.15) is 23.8 Å². The zero-order valence-corrected chi connectivity index (χ0v) is 13.4. The van der Waals surface area contributed by atoms with E-state index >= 15 is 0 Å². The fourth-order valence-corrected chi connectivity index (χ4v) is 2.78. The molecule has 1 aromatic rings. The van der Waals surface area contributed by atoms with Crippen molar-refractivity contribution in [1.82, 2.24) is 15.1 Å². The van der Waals surface area contributed by atoms with E-state index in [0.717, 1.165) is 13.0 Å². The Kier molecular flexibility index (Phi) is 6.35. The highest BCUT2D eigenvalue weighted by atomic mass is 16.6. The highest BCUT2D eigenvalue weighted by Gasteiger charge is 2.34. The smallest absolute Gasteiger partial charge is 0.269 e. The molecule has 0 radical (unpaired) electrons. The van der Waals surface area contributed by atoms with E-state index in [2.05, 4.69) is 17.3 Å². The maximum Gasteiger partial charge on any atom is 0.269 e. The average molecular weight is 311 g/mol. The van der Waals surface area contributed by atoms with Crippen LogP contribution in [0.2, 0.25) is 0 Å². The molecular weight excluding hydrogens is 286 g/mol. The number of aromatic nitrogens is 2. The summed E-state index contributed by atoms with van der Waals surface area (Å²) in [6.07, 6.45) is 2.39. The number of hydrogen-bond acceptors (Lipinski definition) is 5. The summed E-state index contributed by atoms with van der Waals surface area (Å²) in [7, 11) is 3.30. The zero-order chi connectivity index (χ0) is 15.9. The molecule has 2 rings (SSSR count). The van der Waals surface area contributed by atoms with E-state index < -0.39 is 0 Å². The SMILES string of the molecule is CCCn1nccc1C(=O)NC[C@@H]1COC[C@@H](OC)[C@H]1OC. The first-order chi connectivity index (χ1) is 10.7. The van der Waals surface area contributed by atoms with E-state index in [4.69, 9.17) is 14.2 Å². The van der Waals surface area contributed by atoms with Crippen molar-refractivity contribution >= 4 is 5.91 Å². The number of amides is 1. The molecule has 124 valence electrons. The van der Waals surface area contributed by atoms with Gasteiger partial charge in [0.1, 0.15) is 11.8 Å². The standard InChI is InChI=1S/C15H25N3O4/c1-4-7-18-12(5-6-17-18)15(19)16-8-11-9-22-10-13(20-2)14(11)21-3/h5-6,11,13-14H,4,7-10H2,1-3H3,(H,16,19)/t11-,13-,14+/m1/s1. The Morgan fingerprint density at radius 2 is 2.27 bits per heavy atom. The van der Waals surface area contributed by atoms with Crippen molar-refractivity contribution in [1.29, 1.82) is 0 Å². The summed E-state index contributed by atoms with van der Waals surface area (Å²) in [5.74, 6) is -0.0597. The van der Waals surface area contributed by atoms with Gasteiger partial charge in [-0.25, -0.2) is 0 Å². The minimum absolute atomic E-state index is 0.0650. The Morgan fingerprint density at radius 3 is 2.95 bits per heavy atom. The highest BCUT2D eigenvalue weighted by Crippen LogP contribution is 2.19. The molecule has 1 fully saturated rings. The average Bonchev–Trinajstić information content (AvgIpc) is 3.00. The molecule has 7 nitrogen and oxygen atoms in total. The number of nitrogens with one attached hydrogen (secondary N) is 1. The van der Waals surface area contributed by atoms with E-state index in [1.807, 2.05) is 0 Å². The third kappa shape index (κ3) is 3.85. The fraction of sp³-hybridized carbons (Fsp3) is 0.733. The van der Waals surface area contributed by atoms with Gasteiger partial charge in [0.25, 0.3) is 5.91 Å². The molecule has 22 heavy (non-hydrogen) atoms. The van der Waals surface area contributed by atoms with E-state index in [9.17, 15) is 4.79 Å². The Bertz CT molecular complexity index is 477. The minimum atomic E-state index is -0.125. The van der Waals surface area contributed by atoms with Crippen molar-refractivity contribution in [2.75, 3.05) is 34.0 Å². The van der Waals surface area contributed by atoms with E-state index in [1.54, 1.807) is 31.2 Å². The number of carbonyl (C=O) groups is 1. The van der Waals surface area contributed by atoms with Gasteiger partial charge in [0.2, 0.25) is 0 Å². The van der Waals surface area contributed by atoms with Crippen LogP contribution >= 0.6 is 0 Å². The van der Waals surface area contributed by atoms with Gasteiger partial charge >= 0.3 is 0 Å². The second kappa shape index (κ2) is 8.26. The molecule has 1 saturated heterocycles. The van der Waals surface area contributed by atoms with Gasteiger partial charge in [-0.2, -0.15) is 5.10 Å². The largest absolute Gasteiger partial charge is 0.378 e. The Balaban J connectivity index is 1.93. The van der Waals surface area contributed by atoms with E-state index in [0.29, 0.717) is 25.5 Å². The van der Waals surface area contributed by atoms with Crippen molar-refractivity contribution in [2.24, 2.45) is 5.92 Å². The summed E-state index contributed by atoms with van der Waals surface area (Å²) >= 11 is 0. The van der Waals surface area contributed by atoms with Crippen LogP contribution in [0.25, 0.3) is 0 Å². The molecule has 0 saturated carbocycles. The Hall–Kier alpha value is -1.44. The van der Waals surface area contributed by atoms with Crippen molar-refractivity contribution in [3.05, 3.63) is 18.0 Å². The van der Waals surface area contributed by atoms with Gasteiger partial charge < -0.3 is 19.5 Å². The third-order valence-corrected chi connectivity index (χ3v) is 3.93. The molecule has 0 spiro atoms. The first-order valence-electron chi connectivity index (χ1n) is 7.64. The lowest BCUT2D eigenvalue weighted by Gasteiger charge is -2.36. The Labute approximate surface area is 130 Å². The van der Waals surface area contributed by atoms with E-state index in [1.165, 1.54) is 0 Å². The monoisotopic (exact) mass is 311 g/mol. The molecule has 1 aliphatic heterocycles. The summed E-state index contributed by atoms with van der Waals surface area (Å²) in [4.78, 5) is 12.3. The fourth-order valence-electron chi connectivity index (χ4n) is 2.78. The van der Waals surface area contributed by atoms with Crippen LogP contribution in [0.15, 0.2) is 12.3 Å². The Morgan fingerprint density at radius 1 is 1.45 bits per heavy atom. The predicted octanol–water partition coefficient (Wildman–Crippen LogP) is 0.699. The predicted molar refractivity (Wildman–Crippen MR) is 80.8 cm³/mol. The number of ether oxygens (including phenoxy) is 3. The second-order valence-corrected chi connectivity index (χ2v) is 5.42. The number of carbonyl (C=O) groups excluding carboxylic acids is 1. The van der Waals surface area contributed by atoms with Gasteiger partial charge in [0, 0.05) is 39.4 Å². The maximum atomic E-state index is 12.3. The van der Waals surface area contributed by atoms with Crippen LogP contribution in [-0.4, -0.2) is 61.9 Å². The summed E-state index contributed by atoms with van der Waals surface area (Å²) in [5, 5.41) is 7.11. The molecule has 0 aromatic carbocycles. The van der Waals surface area contributed by atoms with Crippen molar-refractivity contribution in [3.8, 4) is 0 Å². The normalized spacial score (nSPS) is 25.1. The summed E-state index contributed by atoms with van der Waals surface area (Å²) in [5.41, 5.74) is 0.579. The quantitative estimate of drug-likeness (QED) is 0.802. The molecule has 2 heterocycles. The minimum Gasteiger partial charge on any atom is -0.378 e. The number of methoxy groups -OCH3 is 2. The van der Waals surface area contributed by atoms with Crippen LogP contribution in [0.3, 0.4) is 0 Å². The van der Waals surface area contributed by atoms with Crippen LogP contribution in [0, 0.1) is 5.92 Å². The van der Waals surface area contributed by atoms with Gasteiger partial charge in [0.05, 0.1) is 19.3 Å². The lowest BCUT2D eigenvalue weighted by Crippen LogP contribution is -2.50. The maximum absolute atomic E-state index is 12.3. The van der Waals surface area contributed by atoms with Crippen molar-refractivity contribution < 1.29 is 19.0 Å². The van der Waals surface area contributed by atoms with Gasteiger partial charge in [-0.3, -0.25) is 9.48 Å². The first kappa shape index (κ1) is 16.9. The molecule has 0 aliphatic carbocycles. The topological polar surface area (TPSA) is 74.6 Å². The van der Waals surface area contributed by atoms with Gasteiger partial charge in [-0.15, -0.1) is 0 Å². The second-order valence-electron chi connectivity index (χ2n) is 5.42. The van der Waals surface area contributed by atoms with Gasteiger partial charge in [-0.05, 0) is 12.5 Å². The molecule has 7 heteroatoms. The number of nitrogens with zero attached hydrogens (tertiary/aromatic N) is 2. The number of rotatable bonds is 7. The lowest BCUT2D eigenvalue weighted by molar-refractivity contribution is -0.145. The molecule has 0 bridgehead atoms.